The molecule has 1 atom stereocenters. The van der Waals surface area contributed by atoms with E-state index in [-0.39, 0.29) is 0 Å². The minimum atomic E-state index is -0.883. The van der Waals surface area contributed by atoms with Gasteiger partial charge in [0.2, 0.25) is 0 Å². The van der Waals surface area contributed by atoms with Crippen LogP contribution in [0.4, 0.5) is 0 Å². The summed E-state index contributed by atoms with van der Waals surface area (Å²) >= 11 is 0. The lowest BCUT2D eigenvalue weighted by molar-refractivity contribution is 0.0191. The molecule has 0 spiro atoms. The van der Waals surface area contributed by atoms with Crippen molar-refractivity contribution in [3.8, 4) is 5.75 Å². The minimum absolute atomic E-state index is 0.538. The van der Waals surface area contributed by atoms with Crippen molar-refractivity contribution in [2.75, 3.05) is 20.3 Å². The van der Waals surface area contributed by atoms with Crippen molar-refractivity contribution in [3.05, 3.63) is 29.3 Å². The molecular weight excluding hydrogens is 204 g/mol. The largest absolute Gasteiger partial charge is 0.493 e. The molecule has 1 aromatic carbocycles. The van der Waals surface area contributed by atoms with E-state index in [0.29, 0.717) is 19.6 Å². The average Bonchev–Trinajstić information content (AvgIpc) is 2.73. The van der Waals surface area contributed by atoms with Crippen molar-refractivity contribution >= 4 is 0 Å². The summed E-state index contributed by atoms with van der Waals surface area (Å²) in [5, 5.41) is 10.4. The molecule has 1 unspecified atom stereocenters. The third-order valence-electron chi connectivity index (χ3n) is 3.09. The van der Waals surface area contributed by atoms with Gasteiger partial charge in [-0.25, -0.2) is 0 Å². The number of methoxy groups -OCH3 is 1. The Bertz CT molecular complexity index is 371. The number of ether oxygens (including phenoxy) is 2. The number of aliphatic hydroxyl groups is 1. The lowest BCUT2D eigenvalue weighted by Gasteiger charge is -2.25. The van der Waals surface area contributed by atoms with Gasteiger partial charge in [-0.1, -0.05) is 18.2 Å². The van der Waals surface area contributed by atoms with Crippen LogP contribution in [0, 0.1) is 0 Å². The first kappa shape index (κ1) is 11.4. The summed E-state index contributed by atoms with van der Waals surface area (Å²) in [4.78, 5) is 0. The topological polar surface area (TPSA) is 38.7 Å². The molecule has 0 bridgehead atoms. The van der Waals surface area contributed by atoms with Gasteiger partial charge in [0.25, 0.3) is 0 Å². The molecule has 3 heteroatoms. The average molecular weight is 222 g/mol. The summed E-state index contributed by atoms with van der Waals surface area (Å²) in [6.45, 7) is 3.06. The fraction of sp³-hybridized carbons (Fsp3) is 0.538. The summed E-state index contributed by atoms with van der Waals surface area (Å²) < 4.78 is 10.6. The third-order valence-corrected chi connectivity index (χ3v) is 3.09. The normalized spacial score (nSPS) is 17.7. The maximum absolute atomic E-state index is 10.4. The first-order chi connectivity index (χ1) is 7.65. The Hall–Kier alpha value is -1.06. The molecule has 1 aliphatic rings. The van der Waals surface area contributed by atoms with Crippen LogP contribution in [0.5, 0.6) is 5.75 Å². The molecule has 0 saturated heterocycles. The van der Waals surface area contributed by atoms with Gasteiger partial charge in [-0.2, -0.15) is 0 Å². The molecule has 2 rings (SSSR count). The van der Waals surface area contributed by atoms with Crippen LogP contribution < -0.4 is 4.74 Å². The van der Waals surface area contributed by atoms with Crippen molar-refractivity contribution in [1.29, 1.82) is 0 Å². The zero-order valence-electron chi connectivity index (χ0n) is 9.82. The Morgan fingerprint density at radius 3 is 3.06 bits per heavy atom. The SMILES string of the molecule is COCCC(C)(O)c1cccc2c1OCC2. The second kappa shape index (κ2) is 4.44. The molecule has 1 aromatic rings. The molecule has 0 saturated carbocycles. The van der Waals surface area contributed by atoms with Crippen molar-refractivity contribution in [3.63, 3.8) is 0 Å². The molecule has 88 valence electrons. The van der Waals surface area contributed by atoms with Gasteiger partial charge >= 0.3 is 0 Å². The molecule has 0 aliphatic carbocycles. The molecule has 3 nitrogen and oxygen atoms in total. The van der Waals surface area contributed by atoms with Crippen molar-refractivity contribution < 1.29 is 14.6 Å². The van der Waals surface area contributed by atoms with Crippen molar-refractivity contribution in [2.45, 2.75) is 25.4 Å². The van der Waals surface area contributed by atoms with E-state index in [0.717, 1.165) is 17.7 Å². The van der Waals surface area contributed by atoms with E-state index < -0.39 is 5.60 Å². The van der Waals surface area contributed by atoms with Crippen molar-refractivity contribution in [1.82, 2.24) is 0 Å². The van der Waals surface area contributed by atoms with Gasteiger partial charge < -0.3 is 14.6 Å². The van der Waals surface area contributed by atoms with E-state index in [4.69, 9.17) is 9.47 Å². The van der Waals surface area contributed by atoms with Gasteiger partial charge in [0.05, 0.1) is 12.2 Å². The molecule has 0 fully saturated rings. The second-order valence-electron chi connectivity index (χ2n) is 4.41. The maximum atomic E-state index is 10.4. The van der Waals surface area contributed by atoms with Gasteiger partial charge in [0.15, 0.2) is 0 Å². The Morgan fingerprint density at radius 1 is 1.50 bits per heavy atom. The fourth-order valence-electron chi connectivity index (χ4n) is 2.07. The van der Waals surface area contributed by atoms with E-state index >= 15 is 0 Å². The van der Waals surface area contributed by atoms with Crippen molar-refractivity contribution in [2.24, 2.45) is 0 Å². The minimum Gasteiger partial charge on any atom is -0.493 e. The van der Waals surface area contributed by atoms with Crippen LogP contribution in [0.15, 0.2) is 18.2 Å². The van der Waals surface area contributed by atoms with Crippen LogP contribution in [0.3, 0.4) is 0 Å². The lowest BCUT2D eigenvalue weighted by Crippen LogP contribution is -2.23. The van der Waals surface area contributed by atoms with Crippen LogP contribution in [0.1, 0.15) is 24.5 Å². The Balaban J connectivity index is 2.29. The van der Waals surface area contributed by atoms with Crippen LogP contribution in [-0.2, 0) is 16.8 Å². The predicted octanol–water partition coefficient (Wildman–Crippen LogP) is 1.87. The quantitative estimate of drug-likeness (QED) is 0.845. The highest BCUT2D eigenvalue weighted by molar-refractivity contribution is 5.46. The molecule has 1 N–H and O–H groups in total. The van der Waals surface area contributed by atoms with E-state index in [1.165, 1.54) is 5.56 Å². The highest BCUT2D eigenvalue weighted by atomic mass is 16.5. The van der Waals surface area contributed by atoms with Crippen LogP contribution >= 0.6 is 0 Å². The van der Waals surface area contributed by atoms with E-state index in [9.17, 15) is 5.11 Å². The molecular formula is C13H18O3. The summed E-state index contributed by atoms with van der Waals surface area (Å²) in [6.07, 6.45) is 1.51. The fourth-order valence-corrected chi connectivity index (χ4v) is 2.07. The number of fused-ring (bicyclic) bond motifs is 1. The number of hydrogen-bond donors (Lipinski definition) is 1. The van der Waals surface area contributed by atoms with Gasteiger partial charge in [-0.05, 0) is 12.5 Å². The molecule has 1 aliphatic heterocycles. The first-order valence-electron chi connectivity index (χ1n) is 5.61. The monoisotopic (exact) mass is 222 g/mol. The molecule has 1 heterocycles. The highest BCUT2D eigenvalue weighted by Gasteiger charge is 2.29. The van der Waals surface area contributed by atoms with Gasteiger partial charge in [0.1, 0.15) is 5.75 Å². The van der Waals surface area contributed by atoms with Crippen LogP contribution in [-0.4, -0.2) is 25.4 Å². The van der Waals surface area contributed by atoms with Crippen LogP contribution in [0.2, 0.25) is 0 Å². The Kier molecular flexibility index (Phi) is 3.17. The van der Waals surface area contributed by atoms with Gasteiger partial charge in [0, 0.05) is 32.1 Å². The summed E-state index contributed by atoms with van der Waals surface area (Å²) in [6, 6.07) is 5.96. The zero-order chi connectivity index (χ0) is 11.6. The zero-order valence-corrected chi connectivity index (χ0v) is 9.82. The summed E-state index contributed by atoms with van der Waals surface area (Å²) in [5.41, 5.74) is 1.18. The third kappa shape index (κ3) is 2.06. The molecule has 0 amide bonds. The highest BCUT2D eigenvalue weighted by Crippen LogP contribution is 2.37. The summed E-state index contributed by atoms with van der Waals surface area (Å²) in [7, 11) is 1.64. The predicted molar refractivity (Wildman–Crippen MR) is 61.7 cm³/mol. The lowest BCUT2D eigenvalue weighted by atomic mass is 9.90. The van der Waals surface area contributed by atoms with Gasteiger partial charge in [-0.15, -0.1) is 0 Å². The number of benzene rings is 1. The standard InChI is InChI=1S/C13H18O3/c1-13(14,7-9-15-2)11-5-3-4-10-6-8-16-12(10)11/h3-5,14H,6-9H2,1-2H3. The summed E-state index contributed by atoms with van der Waals surface area (Å²) in [5.74, 6) is 0.864. The Labute approximate surface area is 96.0 Å². The van der Waals surface area contributed by atoms with Crippen LogP contribution in [0.25, 0.3) is 0 Å². The molecule has 0 aromatic heterocycles. The van der Waals surface area contributed by atoms with Gasteiger partial charge in [-0.3, -0.25) is 0 Å². The number of rotatable bonds is 4. The second-order valence-corrected chi connectivity index (χ2v) is 4.41. The number of hydrogen-bond acceptors (Lipinski definition) is 3. The maximum Gasteiger partial charge on any atom is 0.128 e. The van der Waals surface area contributed by atoms with E-state index in [1.807, 2.05) is 19.1 Å². The van der Waals surface area contributed by atoms with E-state index in [1.54, 1.807) is 7.11 Å². The van der Waals surface area contributed by atoms with E-state index in [2.05, 4.69) is 6.07 Å². The Morgan fingerprint density at radius 2 is 2.31 bits per heavy atom. The molecule has 16 heavy (non-hydrogen) atoms. The smallest absolute Gasteiger partial charge is 0.128 e. The molecule has 0 radical (unpaired) electrons. The number of para-hydroxylation sites is 1. The first-order valence-corrected chi connectivity index (χ1v) is 5.61.